The van der Waals surface area contributed by atoms with E-state index in [0.717, 1.165) is 24.9 Å². The molecule has 1 aliphatic heterocycles. The fourth-order valence-corrected chi connectivity index (χ4v) is 3.01. The highest BCUT2D eigenvalue weighted by atomic mass is 35.5. The maximum atomic E-state index is 12.7. The van der Waals surface area contributed by atoms with Crippen molar-refractivity contribution in [2.24, 2.45) is 0 Å². The zero-order chi connectivity index (χ0) is 17.5. The fraction of sp³-hybridized carbons (Fsp3) is 0.300. The summed E-state index contributed by atoms with van der Waals surface area (Å²) in [6.07, 6.45) is 2.19. The molecule has 0 aliphatic carbocycles. The molecule has 0 spiro atoms. The number of amides is 2. The fourth-order valence-electron chi connectivity index (χ4n) is 3.01. The summed E-state index contributed by atoms with van der Waals surface area (Å²) in [4.78, 5) is 25.2. The Morgan fingerprint density at radius 2 is 1.69 bits per heavy atom. The Hall–Kier alpha value is -2.37. The van der Waals surface area contributed by atoms with E-state index in [1.54, 1.807) is 24.3 Å². The molecule has 0 radical (unpaired) electrons. The molecular formula is C20H24ClN3O2. The third-order valence-electron chi connectivity index (χ3n) is 4.39. The monoisotopic (exact) mass is 373 g/mol. The first-order valence-electron chi connectivity index (χ1n) is 8.66. The van der Waals surface area contributed by atoms with Gasteiger partial charge in [0.2, 0.25) is 5.91 Å². The lowest BCUT2D eigenvalue weighted by atomic mass is 10.0. The third-order valence-corrected chi connectivity index (χ3v) is 4.39. The van der Waals surface area contributed by atoms with Crippen LogP contribution in [0.4, 0.5) is 0 Å². The van der Waals surface area contributed by atoms with Gasteiger partial charge in [-0.25, -0.2) is 0 Å². The Balaban J connectivity index is 0.00000243. The average molecular weight is 374 g/mol. The molecule has 6 heteroatoms. The van der Waals surface area contributed by atoms with Crippen molar-refractivity contribution in [2.75, 3.05) is 13.1 Å². The number of carbonyl (C=O) groups is 2. The summed E-state index contributed by atoms with van der Waals surface area (Å²) in [6.45, 7) is 1.57. The van der Waals surface area contributed by atoms with Gasteiger partial charge in [-0.1, -0.05) is 48.5 Å². The van der Waals surface area contributed by atoms with Gasteiger partial charge >= 0.3 is 0 Å². The molecule has 2 atom stereocenters. The first kappa shape index (κ1) is 19.9. The zero-order valence-electron chi connectivity index (χ0n) is 14.5. The van der Waals surface area contributed by atoms with Crippen LogP contribution in [-0.2, 0) is 4.79 Å². The van der Waals surface area contributed by atoms with E-state index >= 15 is 0 Å². The van der Waals surface area contributed by atoms with E-state index in [0.29, 0.717) is 18.2 Å². The highest BCUT2D eigenvalue weighted by Crippen LogP contribution is 2.14. The lowest BCUT2D eigenvalue weighted by molar-refractivity contribution is -0.123. The van der Waals surface area contributed by atoms with E-state index in [2.05, 4.69) is 16.0 Å². The van der Waals surface area contributed by atoms with E-state index in [-0.39, 0.29) is 24.2 Å². The highest BCUT2D eigenvalue weighted by Gasteiger charge is 2.24. The molecule has 1 saturated heterocycles. The molecule has 1 fully saturated rings. The molecule has 3 rings (SSSR count). The van der Waals surface area contributed by atoms with Crippen LogP contribution < -0.4 is 16.0 Å². The number of carbonyl (C=O) groups excluding carboxylic acids is 2. The molecule has 2 unspecified atom stereocenters. The van der Waals surface area contributed by atoms with Gasteiger partial charge in [0.05, 0.1) is 0 Å². The van der Waals surface area contributed by atoms with Crippen molar-refractivity contribution >= 4 is 24.2 Å². The molecule has 3 N–H and O–H groups in total. The van der Waals surface area contributed by atoms with Crippen LogP contribution in [0, 0.1) is 0 Å². The SMILES string of the molecule is Cl.O=C(NC(C(=O)NCC1CCCN1)c1ccccc1)c1ccccc1. The predicted molar refractivity (Wildman–Crippen MR) is 104 cm³/mol. The number of nitrogens with one attached hydrogen (secondary N) is 3. The van der Waals surface area contributed by atoms with Crippen LogP contribution in [0.15, 0.2) is 60.7 Å². The van der Waals surface area contributed by atoms with Crippen molar-refractivity contribution in [1.82, 2.24) is 16.0 Å². The number of halogens is 1. The Labute approximate surface area is 160 Å². The molecule has 1 heterocycles. The highest BCUT2D eigenvalue weighted by molar-refractivity contribution is 5.97. The maximum absolute atomic E-state index is 12.7. The van der Waals surface area contributed by atoms with Gasteiger partial charge < -0.3 is 16.0 Å². The van der Waals surface area contributed by atoms with Crippen LogP contribution in [-0.4, -0.2) is 30.9 Å². The molecule has 26 heavy (non-hydrogen) atoms. The van der Waals surface area contributed by atoms with Gasteiger partial charge in [0.25, 0.3) is 5.91 Å². The van der Waals surface area contributed by atoms with E-state index < -0.39 is 6.04 Å². The normalized spacial score (nSPS) is 17.0. The summed E-state index contributed by atoms with van der Waals surface area (Å²) < 4.78 is 0. The smallest absolute Gasteiger partial charge is 0.252 e. The Morgan fingerprint density at radius 1 is 1.04 bits per heavy atom. The quantitative estimate of drug-likeness (QED) is 0.728. The molecule has 0 saturated carbocycles. The molecule has 5 nitrogen and oxygen atoms in total. The molecule has 138 valence electrons. The van der Waals surface area contributed by atoms with Gasteiger partial charge in [-0.05, 0) is 37.1 Å². The lowest BCUT2D eigenvalue weighted by Crippen LogP contribution is -2.44. The van der Waals surface area contributed by atoms with Crippen LogP contribution in [0.1, 0.15) is 34.8 Å². The van der Waals surface area contributed by atoms with E-state index in [1.165, 1.54) is 0 Å². The summed E-state index contributed by atoms with van der Waals surface area (Å²) in [5.41, 5.74) is 1.30. The third kappa shape index (κ3) is 5.31. The maximum Gasteiger partial charge on any atom is 0.252 e. The molecule has 2 aromatic rings. The first-order chi connectivity index (χ1) is 12.2. The summed E-state index contributed by atoms with van der Waals surface area (Å²) in [7, 11) is 0. The van der Waals surface area contributed by atoms with Crippen molar-refractivity contribution in [3.8, 4) is 0 Å². The van der Waals surface area contributed by atoms with Crippen LogP contribution in [0.3, 0.4) is 0 Å². The van der Waals surface area contributed by atoms with Crippen LogP contribution in [0.2, 0.25) is 0 Å². The number of hydrogen-bond acceptors (Lipinski definition) is 3. The van der Waals surface area contributed by atoms with Crippen LogP contribution in [0.5, 0.6) is 0 Å². The summed E-state index contributed by atoms with van der Waals surface area (Å²) >= 11 is 0. The Bertz CT molecular complexity index is 704. The standard InChI is InChI=1S/C20H23N3O2.ClH/c24-19(16-10-5-2-6-11-16)23-18(15-8-3-1-4-9-15)20(25)22-14-17-12-7-13-21-17;/h1-6,8-11,17-18,21H,7,12-14H2,(H,22,25)(H,23,24);1H. The largest absolute Gasteiger partial charge is 0.352 e. The second-order valence-electron chi connectivity index (χ2n) is 6.22. The molecule has 0 bridgehead atoms. The first-order valence-corrected chi connectivity index (χ1v) is 8.66. The van der Waals surface area contributed by atoms with E-state index in [1.807, 2.05) is 36.4 Å². The minimum atomic E-state index is -0.713. The summed E-state index contributed by atoms with van der Waals surface area (Å²) in [5.74, 6) is -0.451. The average Bonchev–Trinajstić information content (AvgIpc) is 3.19. The van der Waals surface area contributed by atoms with Crippen molar-refractivity contribution < 1.29 is 9.59 Å². The number of hydrogen-bond donors (Lipinski definition) is 3. The Morgan fingerprint density at radius 3 is 2.31 bits per heavy atom. The predicted octanol–water partition coefficient (Wildman–Crippen LogP) is 2.45. The van der Waals surface area contributed by atoms with Crippen molar-refractivity contribution in [1.29, 1.82) is 0 Å². The Kier molecular flexibility index (Phi) is 7.63. The number of rotatable bonds is 6. The lowest BCUT2D eigenvalue weighted by Gasteiger charge is -2.20. The van der Waals surface area contributed by atoms with Crippen molar-refractivity contribution in [2.45, 2.75) is 24.9 Å². The molecule has 1 aliphatic rings. The van der Waals surface area contributed by atoms with Crippen LogP contribution >= 0.6 is 12.4 Å². The van der Waals surface area contributed by atoms with Gasteiger partial charge in [-0.3, -0.25) is 9.59 Å². The summed E-state index contributed by atoms with van der Waals surface area (Å²) in [5, 5.41) is 9.17. The van der Waals surface area contributed by atoms with Gasteiger partial charge in [0.1, 0.15) is 6.04 Å². The number of benzene rings is 2. The van der Waals surface area contributed by atoms with Gasteiger partial charge in [-0.15, -0.1) is 12.4 Å². The van der Waals surface area contributed by atoms with E-state index in [9.17, 15) is 9.59 Å². The van der Waals surface area contributed by atoms with E-state index in [4.69, 9.17) is 0 Å². The molecule has 2 aromatic carbocycles. The van der Waals surface area contributed by atoms with Gasteiger partial charge in [0.15, 0.2) is 0 Å². The molecule has 0 aromatic heterocycles. The second kappa shape index (κ2) is 9.94. The van der Waals surface area contributed by atoms with Gasteiger partial charge in [0, 0.05) is 18.2 Å². The van der Waals surface area contributed by atoms with Gasteiger partial charge in [-0.2, -0.15) is 0 Å². The molecular weight excluding hydrogens is 350 g/mol. The molecule has 2 amide bonds. The minimum absolute atomic E-state index is 0. The van der Waals surface area contributed by atoms with Crippen LogP contribution in [0.25, 0.3) is 0 Å². The van der Waals surface area contributed by atoms with Crippen molar-refractivity contribution in [3.05, 3.63) is 71.8 Å². The topological polar surface area (TPSA) is 70.2 Å². The minimum Gasteiger partial charge on any atom is -0.352 e. The second-order valence-corrected chi connectivity index (χ2v) is 6.22. The summed E-state index contributed by atoms with van der Waals surface area (Å²) in [6, 6.07) is 17.8. The van der Waals surface area contributed by atoms with Crippen molar-refractivity contribution in [3.63, 3.8) is 0 Å². The zero-order valence-corrected chi connectivity index (χ0v) is 15.3.